The van der Waals surface area contributed by atoms with Crippen molar-refractivity contribution in [2.24, 2.45) is 5.92 Å². The van der Waals surface area contributed by atoms with E-state index in [0.29, 0.717) is 18.0 Å². The quantitative estimate of drug-likeness (QED) is 0.814. The zero-order valence-electron chi connectivity index (χ0n) is 12.3. The molecular weight excluding hydrogens is 288 g/mol. The number of benzene rings is 1. The number of rotatable bonds is 5. The molecule has 0 spiro atoms. The number of carbonyl (C=O) groups is 1. The van der Waals surface area contributed by atoms with Gasteiger partial charge in [-0.15, -0.1) is 0 Å². The normalized spacial score (nSPS) is 16.0. The van der Waals surface area contributed by atoms with Crippen molar-refractivity contribution in [3.05, 3.63) is 23.8 Å². The predicted molar refractivity (Wildman–Crippen MR) is 82.9 cm³/mol. The summed E-state index contributed by atoms with van der Waals surface area (Å²) < 4.78 is 23.1. The minimum Gasteiger partial charge on any atom is -0.399 e. The van der Waals surface area contributed by atoms with Gasteiger partial charge < -0.3 is 11.1 Å². The molecule has 0 bridgehead atoms. The lowest BCUT2D eigenvalue weighted by Gasteiger charge is -2.11. The Balaban J connectivity index is 2.00. The van der Waals surface area contributed by atoms with Crippen molar-refractivity contribution in [1.29, 1.82) is 0 Å². The highest BCUT2D eigenvalue weighted by Crippen LogP contribution is 2.27. The van der Waals surface area contributed by atoms with Crippen LogP contribution in [0.1, 0.15) is 42.5 Å². The van der Waals surface area contributed by atoms with Gasteiger partial charge in [0.2, 0.25) is 0 Å². The van der Waals surface area contributed by atoms with Crippen molar-refractivity contribution >= 4 is 21.4 Å². The van der Waals surface area contributed by atoms with E-state index in [1.807, 2.05) is 0 Å². The molecule has 1 aliphatic rings. The van der Waals surface area contributed by atoms with Crippen LogP contribution in [-0.2, 0) is 9.84 Å². The third-order valence-corrected chi connectivity index (χ3v) is 5.02. The van der Waals surface area contributed by atoms with Crippen molar-refractivity contribution in [2.45, 2.75) is 37.0 Å². The Labute approximate surface area is 125 Å². The summed E-state index contributed by atoms with van der Waals surface area (Å²) in [5.41, 5.74) is 6.25. The van der Waals surface area contributed by atoms with E-state index in [-0.39, 0.29) is 16.5 Å². The van der Waals surface area contributed by atoms with Crippen molar-refractivity contribution in [3.8, 4) is 0 Å². The Morgan fingerprint density at radius 3 is 2.57 bits per heavy atom. The average molecular weight is 310 g/mol. The molecule has 0 heterocycles. The van der Waals surface area contributed by atoms with Crippen LogP contribution in [0.4, 0.5) is 5.69 Å². The van der Waals surface area contributed by atoms with Gasteiger partial charge in [-0.1, -0.05) is 25.7 Å². The highest BCUT2D eigenvalue weighted by molar-refractivity contribution is 7.90. The first-order chi connectivity index (χ1) is 9.86. The van der Waals surface area contributed by atoms with Crippen LogP contribution in [0.3, 0.4) is 0 Å². The molecule has 1 aromatic rings. The highest BCUT2D eigenvalue weighted by Gasteiger charge is 2.16. The third-order valence-electron chi connectivity index (χ3n) is 3.93. The summed E-state index contributed by atoms with van der Waals surface area (Å²) in [5, 5.41) is 2.84. The second kappa shape index (κ2) is 6.47. The van der Waals surface area contributed by atoms with Crippen LogP contribution < -0.4 is 11.1 Å². The maximum absolute atomic E-state index is 12.1. The number of sulfone groups is 1. The standard InChI is InChI=1S/C15H22N2O3S/c1-21(19,20)14-9-12(8-13(16)10-14)15(18)17-7-6-11-4-2-3-5-11/h8-11H,2-7,16H2,1H3,(H,17,18). The number of nitrogens with two attached hydrogens (primary N) is 1. The summed E-state index contributed by atoms with van der Waals surface area (Å²) in [6.07, 6.45) is 7.13. The lowest BCUT2D eigenvalue weighted by molar-refractivity contribution is 0.0951. The van der Waals surface area contributed by atoms with Gasteiger partial charge in [-0.25, -0.2) is 8.42 Å². The van der Waals surface area contributed by atoms with E-state index in [0.717, 1.165) is 12.7 Å². The van der Waals surface area contributed by atoms with Crippen molar-refractivity contribution in [3.63, 3.8) is 0 Å². The molecule has 1 aliphatic carbocycles. The fourth-order valence-electron chi connectivity index (χ4n) is 2.76. The monoisotopic (exact) mass is 310 g/mol. The Hall–Kier alpha value is -1.56. The predicted octanol–water partition coefficient (Wildman–Crippen LogP) is 1.98. The first kappa shape index (κ1) is 15.8. The van der Waals surface area contributed by atoms with E-state index in [9.17, 15) is 13.2 Å². The molecule has 5 nitrogen and oxygen atoms in total. The molecule has 1 saturated carbocycles. The minimum atomic E-state index is -3.37. The van der Waals surface area contributed by atoms with E-state index >= 15 is 0 Å². The van der Waals surface area contributed by atoms with Crippen LogP contribution in [0.5, 0.6) is 0 Å². The Bertz CT molecular complexity index is 620. The van der Waals surface area contributed by atoms with E-state index in [4.69, 9.17) is 5.73 Å². The van der Waals surface area contributed by atoms with E-state index in [2.05, 4.69) is 5.32 Å². The first-order valence-corrected chi connectivity index (χ1v) is 9.14. The molecule has 0 atom stereocenters. The van der Waals surface area contributed by atoms with E-state index in [1.54, 1.807) is 0 Å². The van der Waals surface area contributed by atoms with Crippen LogP contribution in [0.25, 0.3) is 0 Å². The van der Waals surface area contributed by atoms with Gasteiger partial charge in [0.15, 0.2) is 9.84 Å². The smallest absolute Gasteiger partial charge is 0.251 e. The first-order valence-electron chi connectivity index (χ1n) is 7.25. The lowest BCUT2D eigenvalue weighted by atomic mass is 10.0. The van der Waals surface area contributed by atoms with Gasteiger partial charge in [0, 0.05) is 24.1 Å². The Morgan fingerprint density at radius 2 is 1.95 bits per heavy atom. The number of carbonyl (C=O) groups excluding carboxylic acids is 1. The van der Waals surface area contributed by atoms with Gasteiger partial charge in [-0.3, -0.25) is 4.79 Å². The summed E-state index contributed by atoms with van der Waals surface area (Å²) in [6.45, 7) is 0.618. The molecule has 2 rings (SSSR count). The van der Waals surface area contributed by atoms with Crippen molar-refractivity contribution < 1.29 is 13.2 Å². The van der Waals surface area contributed by atoms with Crippen LogP contribution in [-0.4, -0.2) is 27.1 Å². The van der Waals surface area contributed by atoms with Crippen LogP contribution in [0, 0.1) is 5.92 Å². The molecule has 1 aromatic carbocycles. The minimum absolute atomic E-state index is 0.0726. The maximum Gasteiger partial charge on any atom is 0.251 e. The number of nitrogen functional groups attached to an aromatic ring is 1. The molecule has 0 saturated heterocycles. The number of hydrogen-bond acceptors (Lipinski definition) is 4. The van der Waals surface area contributed by atoms with Crippen LogP contribution >= 0.6 is 0 Å². The molecule has 116 valence electrons. The van der Waals surface area contributed by atoms with Crippen LogP contribution in [0.15, 0.2) is 23.1 Å². The zero-order valence-corrected chi connectivity index (χ0v) is 13.1. The lowest BCUT2D eigenvalue weighted by Crippen LogP contribution is -2.26. The fourth-order valence-corrected chi connectivity index (χ4v) is 3.45. The number of anilines is 1. The molecule has 21 heavy (non-hydrogen) atoms. The molecular formula is C15H22N2O3S. The van der Waals surface area contributed by atoms with Gasteiger partial charge in [0.05, 0.1) is 4.90 Å². The van der Waals surface area contributed by atoms with Crippen LogP contribution in [0.2, 0.25) is 0 Å². The topological polar surface area (TPSA) is 89.3 Å². The van der Waals surface area contributed by atoms with Gasteiger partial charge in [0.1, 0.15) is 0 Å². The van der Waals surface area contributed by atoms with Gasteiger partial charge in [-0.05, 0) is 30.5 Å². The fraction of sp³-hybridized carbons (Fsp3) is 0.533. The molecule has 0 aliphatic heterocycles. The molecule has 0 radical (unpaired) electrons. The summed E-state index contributed by atoms with van der Waals surface area (Å²) in [5.74, 6) is 0.433. The van der Waals surface area contributed by atoms with Gasteiger partial charge in [0.25, 0.3) is 5.91 Å². The molecule has 6 heteroatoms. The summed E-state index contributed by atoms with van der Waals surface area (Å²) in [7, 11) is -3.37. The average Bonchev–Trinajstić information content (AvgIpc) is 2.90. The second-order valence-corrected chi connectivity index (χ2v) is 7.77. The van der Waals surface area contributed by atoms with E-state index < -0.39 is 9.84 Å². The largest absolute Gasteiger partial charge is 0.399 e. The number of amides is 1. The summed E-state index contributed by atoms with van der Waals surface area (Å²) in [6, 6.07) is 4.24. The van der Waals surface area contributed by atoms with Crippen molar-refractivity contribution in [1.82, 2.24) is 5.32 Å². The Morgan fingerprint density at radius 1 is 1.29 bits per heavy atom. The molecule has 1 fully saturated rings. The van der Waals surface area contributed by atoms with Gasteiger partial charge in [-0.2, -0.15) is 0 Å². The second-order valence-electron chi connectivity index (χ2n) is 5.76. The molecule has 3 N–H and O–H groups in total. The molecule has 1 amide bonds. The number of nitrogens with one attached hydrogen (secondary N) is 1. The SMILES string of the molecule is CS(=O)(=O)c1cc(N)cc(C(=O)NCCC2CCCC2)c1. The van der Waals surface area contributed by atoms with Crippen molar-refractivity contribution in [2.75, 3.05) is 18.5 Å². The summed E-state index contributed by atoms with van der Waals surface area (Å²) >= 11 is 0. The Kier molecular flexibility index (Phi) is 4.88. The summed E-state index contributed by atoms with van der Waals surface area (Å²) in [4.78, 5) is 12.2. The molecule has 0 aromatic heterocycles. The van der Waals surface area contributed by atoms with Gasteiger partial charge >= 0.3 is 0 Å². The number of hydrogen-bond donors (Lipinski definition) is 2. The highest BCUT2D eigenvalue weighted by atomic mass is 32.2. The maximum atomic E-state index is 12.1. The molecule has 0 unspecified atom stereocenters. The van der Waals surface area contributed by atoms with E-state index in [1.165, 1.54) is 43.9 Å². The zero-order chi connectivity index (χ0) is 15.5. The third kappa shape index (κ3) is 4.46.